The molecule has 1 saturated carbocycles. The Bertz CT molecular complexity index is 428. The Kier molecular flexibility index (Phi) is 3.00. The zero-order valence-electron chi connectivity index (χ0n) is 10.4. The Morgan fingerprint density at radius 1 is 1.29 bits per heavy atom. The summed E-state index contributed by atoms with van der Waals surface area (Å²) in [5.41, 5.74) is 6.26. The SMILES string of the molecule is COc1ccc(F)c(C2(C(C)N)CC2)c1OC. The number of halogens is 1. The summed E-state index contributed by atoms with van der Waals surface area (Å²) in [5.74, 6) is 0.760. The smallest absolute Gasteiger partial charge is 0.167 e. The number of rotatable bonds is 4. The molecule has 1 aliphatic rings. The highest BCUT2D eigenvalue weighted by molar-refractivity contribution is 5.53. The summed E-state index contributed by atoms with van der Waals surface area (Å²) in [6.45, 7) is 1.91. The number of hydrogen-bond acceptors (Lipinski definition) is 3. The molecule has 1 atom stereocenters. The van der Waals surface area contributed by atoms with Gasteiger partial charge in [0.25, 0.3) is 0 Å². The first-order valence-corrected chi connectivity index (χ1v) is 5.73. The van der Waals surface area contributed by atoms with E-state index in [9.17, 15) is 4.39 Å². The summed E-state index contributed by atoms with van der Waals surface area (Å²) < 4.78 is 24.6. The van der Waals surface area contributed by atoms with Crippen LogP contribution in [0.2, 0.25) is 0 Å². The van der Waals surface area contributed by atoms with E-state index in [1.807, 2.05) is 6.92 Å². The van der Waals surface area contributed by atoms with Crippen LogP contribution in [0.25, 0.3) is 0 Å². The van der Waals surface area contributed by atoms with Crippen molar-refractivity contribution in [3.63, 3.8) is 0 Å². The molecule has 1 aromatic rings. The van der Waals surface area contributed by atoms with Gasteiger partial charge in [-0.2, -0.15) is 0 Å². The summed E-state index contributed by atoms with van der Waals surface area (Å²) >= 11 is 0. The van der Waals surface area contributed by atoms with E-state index in [0.717, 1.165) is 12.8 Å². The summed E-state index contributed by atoms with van der Waals surface area (Å²) in [4.78, 5) is 0. The van der Waals surface area contributed by atoms with Gasteiger partial charge in [-0.05, 0) is 31.9 Å². The second kappa shape index (κ2) is 4.18. The second-order valence-corrected chi connectivity index (χ2v) is 4.60. The first-order chi connectivity index (χ1) is 8.06. The van der Waals surface area contributed by atoms with Gasteiger partial charge >= 0.3 is 0 Å². The Morgan fingerprint density at radius 3 is 2.35 bits per heavy atom. The van der Waals surface area contributed by atoms with Crippen molar-refractivity contribution >= 4 is 0 Å². The monoisotopic (exact) mass is 239 g/mol. The molecule has 17 heavy (non-hydrogen) atoms. The standard InChI is InChI=1S/C13H18FNO2/c1-8(15)13(6-7-13)11-9(14)4-5-10(16-2)12(11)17-3/h4-5,8H,6-7,15H2,1-3H3. The van der Waals surface area contributed by atoms with Gasteiger partial charge in [0, 0.05) is 17.0 Å². The van der Waals surface area contributed by atoms with Crippen LogP contribution in [0, 0.1) is 5.82 Å². The topological polar surface area (TPSA) is 44.5 Å². The molecule has 2 rings (SSSR count). The lowest BCUT2D eigenvalue weighted by Gasteiger charge is -2.24. The molecule has 2 N–H and O–H groups in total. The quantitative estimate of drug-likeness (QED) is 0.876. The van der Waals surface area contributed by atoms with Crippen LogP contribution < -0.4 is 15.2 Å². The average molecular weight is 239 g/mol. The van der Waals surface area contributed by atoms with Crippen molar-refractivity contribution < 1.29 is 13.9 Å². The Balaban J connectivity index is 2.59. The summed E-state index contributed by atoms with van der Waals surface area (Å²) in [6.07, 6.45) is 1.79. The molecule has 0 amide bonds. The third-order valence-corrected chi connectivity index (χ3v) is 3.65. The van der Waals surface area contributed by atoms with E-state index in [2.05, 4.69) is 0 Å². The molecule has 0 radical (unpaired) electrons. The van der Waals surface area contributed by atoms with Crippen LogP contribution in [-0.2, 0) is 5.41 Å². The molecular formula is C13H18FNO2. The van der Waals surface area contributed by atoms with Crippen LogP contribution >= 0.6 is 0 Å². The van der Waals surface area contributed by atoms with Crippen LogP contribution in [0.4, 0.5) is 4.39 Å². The van der Waals surface area contributed by atoms with Crippen molar-refractivity contribution in [2.75, 3.05) is 14.2 Å². The fourth-order valence-electron chi connectivity index (χ4n) is 2.43. The molecule has 1 aromatic carbocycles. The maximum Gasteiger partial charge on any atom is 0.167 e. The number of nitrogens with two attached hydrogens (primary N) is 1. The van der Waals surface area contributed by atoms with Crippen LogP contribution in [-0.4, -0.2) is 20.3 Å². The van der Waals surface area contributed by atoms with Crippen molar-refractivity contribution in [2.45, 2.75) is 31.2 Å². The van der Waals surface area contributed by atoms with Crippen LogP contribution in [0.1, 0.15) is 25.3 Å². The predicted octanol–water partition coefficient (Wildman–Crippen LogP) is 2.22. The van der Waals surface area contributed by atoms with Gasteiger partial charge in [0.15, 0.2) is 11.5 Å². The maximum atomic E-state index is 14.1. The van der Waals surface area contributed by atoms with Crippen LogP contribution in [0.15, 0.2) is 12.1 Å². The Hall–Kier alpha value is -1.29. The molecule has 4 heteroatoms. The predicted molar refractivity (Wildman–Crippen MR) is 64.1 cm³/mol. The van der Waals surface area contributed by atoms with Gasteiger partial charge in [-0.3, -0.25) is 0 Å². The molecule has 3 nitrogen and oxygen atoms in total. The molecule has 0 saturated heterocycles. The van der Waals surface area contributed by atoms with Crippen LogP contribution in [0.3, 0.4) is 0 Å². The lowest BCUT2D eigenvalue weighted by Crippen LogP contribution is -2.32. The first kappa shape index (κ1) is 12.2. The Morgan fingerprint density at radius 2 is 1.94 bits per heavy atom. The normalized spacial score (nSPS) is 18.6. The number of methoxy groups -OCH3 is 2. The molecule has 0 bridgehead atoms. The highest BCUT2D eigenvalue weighted by Gasteiger charge is 2.51. The molecular weight excluding hydrogens is 221 g/mol. The van der Waals surface area contributed by atoms with E-state index in [1.165, 1.54) is 13.2 Å². The first-order valence-electron chi connectivity index (χ1n) is 5.73. The van der Waals surface area contributed by atoms with E-state index in [4.69, 9.17) is 15.2 Å². The van der Waals surface area contributed by atoms with Gasteiger partial charge in [0.2, 0.25) is 0 Å². The van der Waals surface area contributed by atoms with E-state index in [0.29, 0.717) is 17.1 Å². The van der Waals surface area contributed by atoms with Gasteiger partial charge in [0.05, 0.1) is 14.2 Å². The lowest BCUT2D eigenvalue weighted by molar-refractivity contribution is 0.340. The van der Waals surface area contributed by atoms with E-state index in [1.54, 1.807) is 13.2 Å². The summed E-state index contributed by atoms with van der Waals surface area (Å²) in [5, 5.41) is 0. The summed E-state index contributed by atoms with van der Waals surface area (Å²) in [6, 6.07) is 2.90. The summed E-state index contributed by atoms with van der Waals surface area (Å²) in [7, 11) is 3.07. The van der Waals surface area contributed by atoms with Crippen molar-refractivity contribution in [1.82, 2.24) is 0 Å². The van der Waals surface area contributed by atoms with Gasteiger partial charge in [-0.15, -0.1) is 0 Å². The molecule has 0 heterocycles. The fraction of sp³-hybridized carbons (Fsp3) is 0.538. The molecule has 0 spiro atoms. The zero-order valence-corrected chi connectivity index (χ0v) is 10.4. The minimum absolute atomic E-state index is 0.0991. The second-order valence-electron chi connectivity index (χ2n) is 4.60. The lowest BCUT2D eigenvalue weighted by atomic mass is 9.88. The molecule has 0 aliphatic heterocycles. The third kappa shape index (κ3) is 1.76. The highest BCUT2D eigenvalue weighted by atomic mass is 19.1. The number of ether oxygens (including phenoxy) is 2. The average Bonchev–Trinajstić information content (AvgIpc) is 3.09. The molecule has 0 aromatic heterocycles. The van der Waals surface area contributed by atoms with Crippen molar-refractivity contribution in [3.8, 4) is 11.5 Å². The minimum atomic E-state index is -0.288. The minimum Gasteiger partial charge on any atom is -0.493 e. The van der Waals surface area contributed by atoms with Gasteiger partial charge in [-0.1, -0.05) is 0 Å². The number of hydrogen-bond donors (Lipinski definition) is 1. The van der Waals surface area contributed by atoms with Gasteiger partial charge in [0.1, 0.15) is 5.82 Å². The van der Waals surface area contributed by atoms with Gasteiger partial charge < -0.3 is 15.2 Å². The molecule has 1 aliphatic carbocycles. The molecule has 1 unspecified atom stereocenters. The van der Waals surface area contributed by atoms with E-state index in [-0.39, 0.29) is 17.3 Å². The number of benzene rings is 1. The Labute approximate surface area is 101 Å². The van der Waals surface area contributed by atoms with Crippen molar-refractivity contribution in [1.29, 1.82) is 0 Å². The highest BCUT2D eigenvalue weighted by Crippen LogP contribution is 2.55. The fourth-order valence-corrected chi connectivity index (χ4v) is 2.43. The van der Waals surface area contributed by atoms with E-state index < -0.39 is 0 Å². The largest absolute Gasteiger partial charge is 0.493 e. The zero-order chi connectivity index (χ0) is 12.6. The van der Waals surface area contributed by atoms with Crippen molar-refractivity contribution in [3.05, 3.63) is 23.5 Å². The van der Waals surface area contributed by atoms with Crippen molar-refractivity contribution in [2.24, 2.45) is 5.73 Å². The third-order valence-electron chi connectivity index (χ3n) is 3.65. The van der Waals surface area contributed by atoms with Gasteiger partial charge in [-0.25, -0.2) is 4.39 Å². The van der Waals surface area contributed by atoms with E-state index >= 15 is 0 Å². The molecule has 1 fully saturated rings. The van der Waals surface area contributed by atoms with Crippen LogP contribution in [0.5, 0.6) is 11.5 Å². The maximum absolute atomic E-state index is 14.1. The molecule has 94 valence electrons.